The second-order valence-electron chi connectivity index (χ2n) is 2.76. The largest absolute Gasteiger partial charge is 0.315 e. The van der Waals surface area contributed by atoms with Crippen molar-refractivity contribution >= 4 is 12.0 Å². The molecule has 0 amide bonds. The van der Waals surface area contributed by atoms with E-state index in [0.717, 1.165) is 0 Å². The van der Waals surface area contributed by atoms with Gasteiger partial charge in [0.05, 0.1) is 11.3 Å². The number of azide groups is 1. The van der Waals surface area contributed by atoms with Crippen LogP contribution in [0.4, 0.5) is 5.69 Å². The van der Waals surface area contributed by atoms with Crippen molar-refractivity contribution in [3.63, 3.8) is 0 Å². The minimum atomic E-state index is -0.456. The molecule has 1 heterocycles. The lowest BCUT2D eigenvalue weighted by molar-refractivity contribution is 0.112. The molecule has 0 atom stereocenters. The molecule has 1 aromatic rings. The molecular formula is C8H8N4O2. The summed E-state index contributed by atoms with van der Waals surface area (Å²) in [5, 5.41) is 3.28. The van der Waals surface area contributed by atoms with Crippen LogP contribution in [0.2, 0.25) is 0 Å². The molecule has 1 aromatic heterocycles. The number of nitrogens with zero attached hydrogens (tertiary/aromatic N) is 4. The summed E-state index contributed by atoms with van der Waals surface area (Å²) in [5.41, 5.74) is 8.35. The number of carbonyl (C=O) groups excluding carboxylic acids is 1. The van der Waals surface area contributed by atoms with Gasteiger partial charge in [-0.3, -0.25) is 9.59 Å². The maximum atomic E-state index is 11.5. The minimum absolute atomic E-state index is 0.0723. The zero-order valence-corrected chi connectivity index (χ0v) is 7.76. The van der Waals surface area contributed by atoms with E-state index in [-0.39, 0.29) is 11.3 Å². The van der Waals surface area contributed by atoms with Crippen molar-refractivity contribution in [2.75, 3.05) is 0 Å². The molecule has 6 nitrogen and oxygen atoms in total. The highest BCUT2D eigenvalue weighted by atomic mass is 16.1. The van der Waals surface area contributed by atoms with Gasteiger partial charge in [-0.15, -0.1) is 0 Å². The Balaban J connectivity index is 3.68. The van der Waals surface area contributed by atoms with Gasteiger partial charge in [0, 0.05) is 17.7 Å². The Morgan fingerprint density at radius 1 is 1.64 bits per heavy atom. The molecule has 72 valence electrons. The van der Waals surface area contributed by atoms with E-state index in [2.05, 4.69) is 10.0 Å². The Kier molecular flexibility index (Phi) is 2.69. The van der Waals surface area contributed by atoms with Crippen LogP contribution in [-0.2, 0) is 7.05 Å². The molecule has 0 N–H and O–H groups in total. The molecule has 0 saturated heterocycles. The summed E-state index contributed by atoms with van der Waals surface area (Å²) in [6.07, 6.45) is 0.395. The third-order valence-corrected chi connectivity index (χ3v) is 1.96. The molecule has 14 heavy (non-hydrogen) atoms. The van der Waals surface area contributed by atoms with Crippen LogP contribution >= 0.6 is 0 Å². The summed E-state index contributed by atoms with van der Waals surface area (Å²) in [6.45, 7) is 1.69. The molecule has 0 bridgehead atoms. The molecule has 0 radical (unpaired) electrons. The van der Waals surface area contributed by atoms with Crippen molar-refractivity contribution in [3.8, 4) is 0 Å². The fraction of sp³-hybridized carbons (Fsp3) is 0.250. The lowest BCUT2D eigenvalue weighted by atomic mass is 10.2. The summed E-state index contributed by atoms with van der Waals surface area (Å²) in [5.74, 6) is 0. The van der Waals surface area contributed by atoms with E-state index in [4.69, 9.17) is 5.53 Å². The van der Waals surface area contributed by atoms with E-state index in [9.17, 15) is 9.59 Å². The second kappa shape index (κ2) is 3.76. The fourth-order valence-corrected chi connectivity index (χ4v) is 1.06. The summed E-state index contributed by atoms with van der Waals surface area (Å²) >= 11 is 0. The standard InChI is InChI=1S/C8H8N4O2/c1-5-3-7(10-11-9)6(4-13)8(14)12(5)2/h3-4H,1-2H3. The van der Waals surface area contributed by atoms with E-state index in [1.807, 2.05) is 0 Å². The maximum Gasteiger partial charge on any atom is 0.261 e. The quantitative estimate of drug-likeness (QED) is 0.307. The van der Waals surface area contributed by atoms with Crippen molar-refractivity contribution in [1.29, 1.82) is 0 Å². The van der Waals surface area contributed by atoms with Gasteiger partial charge in [0.25, 0.3) is 5.56 Å². The van der Waals surface area contributed by atoms with E-state index < -0.39 is 5.56 Å². The Morgan fingerprint density at radius 2 is 2.29 bits per heavy atom. The van der Waals surface area contributed by atoms with Crippen LogP contribution in [0.1, 0.15) is 16.1 Å². The maximum absolute atomic E-state index is 11.5. The van der Waals surface area contributed by atoms with Crippen molar-refractivity contribution in [2.24, 2.45) is 12.2 Å². The summed E-state index contributed by atoms with van der Waals surface area (Å²) in [7, 11) is 1.55. The number of aldehydes is 1. The average molecular weight is 192 g/mol. The molecule has 0 aromatic carbocycles. The van der Waals surface area contributed by atoms with E-state index in [1.54, 1.807) is 14.0 Å². The lowest BCUT2D eigenvalue weighted by Crippen LogP contribution is -2.22. The third kappa shape index (κ3) is 1.51. The molecule has 0 aliphatic carbocycles. The summed E-state index contributed by atoms with van der Waals surface area (Å²) in [4.78, 5) is 24.6. The zero-order chi connectivity index (χ0) is 10.7. The van der Waals surface area contributed by atoms with Gasteiger partial charge in [-0.1, -0.05) is 5.11 Å². The molecule has 0 spiro atoms. The van der Waals surface area contributed by atoms with Gasteiger partial charge in [-0.25, -0.2) is 0 Å². The van der Waals surface area contributed by atoms with Gasteiger partial charge < -0.3 is 4.57 Å². The first-order valence-corrected chi connectivity index (χ1v) is 3.82. The topological polar surface area (TPSA) is 87.8 Å². The monoisotopic (exact) mass is 192 g/mol. The van der Waals surface area contributed by atoms with Gasteiger partial charge in [0.15, 0.2) is 6.29 Å². The first kappa shape index (κ1) is 10.0. The molecule has 6 heteroatoms. The smallest absolute Gasteiger partial charge is 0.261 e. The van der Waals surface area contributed by atoms with Crippen molar-refractivity contribution in [1.82, 2.24) is 4.57 Å². The van der Waals surface area contributed by atoms with Crippen molar-refractivity contribution in [2.45, 2.75) is 6.92 Å². The highest BCUT2D eigenvalue weighted by Crippen LogP contribution is 2.15. The Hall–Kier alpha value is -2.07. The van der Waals surface area contributed by atoms with Crippen LogP contribution in [0.5, 0.6) is 0 Å². The number of hydrogen-bond acceptors (Lipinski definition) is 3. The van der Waals surface area contributed by atoms with Crippen LogP contribution in [0.3, 0.4) is 0 Å². The summed E-state index contributed by atoms with van der Waals surface area (Å²) in [6, 6.07) is 1.49. The van der Waals surface area contributed by atoms with Gasteiger partial charge >= 0.3 is 0 Å². The van der Waals surface area contributed by atoms with Gasteiger partial charge in [-0.05, 0) is 18.5 Å². The van der Waals surface area contributed by atoms with Crippen LogP contribution in [-0.4, -0.2) is 10.9 Å². The molecule has 0 unspecified atom stereocenters. The number of carbonyl (C=O) groups is 1. The third-order valence-electron chi connectivity index (χ3n) is 1.96. The van der Waals surface area contributed by atoms with E-state index >= 15 is 0 Å². The highest BCUT2D eigenvalue weighted by molar-refractivity contribution is 5.82. The zero-order valence-electron chi connectivity index (χ0n) is 7.76. The van der Waals surface area contributed by atoms with E-state index in [0.29, 0.717) is 12.0 Å². The lowest BCUT2D eigenvalue weighted by Gasteiger charge is -2.05. The number of pyridine rings is 1. The number of aromatic nitrogens is 1. The van der Waals surface area contributed by atoms with E-state index in [1.165, 1.54) is 10.6 Å². The predicted molar refractivity (Wildman–Crippen MR) is 50.6 cm³/mol. The van der Waals surface area contributed by atoms with Crippen molar-refractivity contribution in [3.05, 3.63) is 38.1 Å². The SMILES string of the molecule is Cc1cc(N=[N+]=[N-])c(C=O)c(=O)n1C. The summed E-state index contributed by atoms with van der Waals surface area (Å²) < 4.78 is 1.32. The minimum Gasteiger partial charge on any atom is -0.315 e. The number of rotatable bonds is 2. The highest BCUT2D eigenvalue weighted by Gasteiger charge is 2.08. The molecule has 0 aliphatic heterocycles. The van der Waals surface area contributed by atoms with Crippen LogP contribution in [0.25, 0.3) is 10.4 Å². The molecule has 1 rings (SSSR count). The first-order valence-electron chi connectivity index (χ1n) is 3.82. The van der Waals surface area contributed by atoms with Crippen molar-refractivity contribution < 1.29 is 4.79 Å². The Labute approximate surface area is 79.4 Å². The molecule has 0 saturated carbocycles. The Morgan fingerprint density at radius 3 is 2.79 bits per heavy atom. The molecular weight excluding hydrogens is 184 g/mol. The number of aryl methyl sites for hydroxylation is 1. The fourth-order valence-electron chi connectivity index (χ4n) is 1.06. The second-order valence-corrected chi connectivity index (χ2v) is 2.76. The Bertz CT molecular complexity index is 483. The van der Waals surface area contributed by atoms with Crippen LogP contribution < -0.4 is 5.56 Å². The van der Waals surface area contributed by atoms with Gasteiger partial charge in [0.1, 0.15) is 0 Å². The van der Waals surface area contributed by atoms with Gasteiger partial charge in [-0.2, -0.15) is 0 Å². The van der Waals surface area contributed by atoms with Crippen LogP contribution in [0.15, 0.2) is 16.0 Å². The van der Waals surface area contributed by atoms with Gasteiger partial charge in [0.2, 0.25) is 0 Å². The van der Waals surface area contributed by atoms with Crippen LogP contribution in [0, 0.1) is 6.92 Å². The predicted octanol–water partition coefficient (Wildman–Crippen LogP) is 1.45. The first-order chi connectivity index (χ1) is 6.61. The normalized spacial score (nSPS) is 9.29. The number of hydrogen-bond donors (Lipinski definition) is 0. The molecule has 0 fully saturated rings. The molecule has 0 aliphatic rings. The average Bonchev–Trinajstić information content (AvgIpc) is 2.16.